The van der Waals surface area contributed by atoms with Crippen LogP contribution in [0.2, 0.25) is 0 Å². The summed E-state index contributed by atoms with van der Waals surface area (Å²) in [5.41, 5.74) is 2.62. The van der Waals surface area contributed by atoms with Crippen LogP contribution in [0.1, 0.15) is 36.8 Å². The molecule has 1 amide bonds. The van der Waals surface area contributed by atoms with Crippen molar-refractivity contribution in [3.05, 3.63) is 29.3 Å². The second kappa shape index (κ2) is 8.94. The van der Waals surface area contributed by atoms with Crippen LogP contribution in [0.4, 0.5) is 5.69 Å². The molecule has 0 unspecified atom stereocenters. The van der Waals surface area contributed by atoms with Gasteiger partial charge < -0.3 is 5.32 Å². The van der Waals surface area contributed by atoms with Crippen molar-refractivity contribution < 1.29 is 13.2 Å². The zero-order valence-corrected chi connectivity index (χ0v) is 16.9. The maximum Gasteiger partial charge on any atom is 0.240 e. The van der Waals surface area contributed by atoms with Gasteiger partial charge in [-0.25, -0.2) is 8.42 Å². The lowest BCUT2D eigenvalue weighted by atomic mass is 10.1. The number of amides is 1. The van der Waals surface area contributed by atoms with E-state index < -0.39 is 10.0 Å². The van der Waals surface area contributed by atoms with E-state index in [0.29, 0.717) is 12.2 Å². The Morgan fingerprint density at radius 2 is 1.92 bits per heavy atom. The molecule has 0 saturated heterocycles. The fraction of sp³-hybridized carbons (Fsp3) is 0.611. The van der Waals surface area contributed by atoms with E-state index in [1.165, 1.54) is 30.0 Å². The zero-order valence-electron chi connectivity index (χ0n) is 15.2. The van der Waals surface area contributed by atoms with Gasteiger partial charge in [-0.15, -0.1) is 0 Å². The van der Waals surface area contributed by atoms with Gasteiger partial charge in [-0.05, 0) is 49.9 Å². The molecule has 1 saturated carbocycles. The molecular weight excluding hydrogens is 356 g/mol. The number of benzene rings is 1. The molecule has 0 aliphatic heterocycles. The molecule has 0 atom stereocenters. The molecule has 5 nitrogen and oxygen atoms in total. The van der Waals surface area contributed by atoms with Gasteiger partial charge in [0.1, 0.15) is 6.54 Å². The summed E-state index contributed by atoms with van der Waals surface area (Å²) in [6.07, 6.45) is 6.29. The van der Waals surface area contributed by atoms with Gasteiger partial charge in [0.05, 0.1) is 11.9 Å². The number of carbonyl (C=O) groups excluding carboxylic acids is 1. The number of aryl methyl sites for hydroxylation is 2. The van der Waals surface area contributed by atoms with Crippen LogP contribution < -0.4 is 9.62 Å². The molecule has 0 radical (unpaired) electrons. The zero-order chi connectivity index (χ0) is 18.4. The number of sulfonamides is 1. The van der Waals surface area contributed by atoms with E-state index in [1.807, 2.05) is 31.7 Å². The van der Waals surface area contributed by atoms with Crippen molar-refractivity contribution in [2.75, 3.05) is 29.4 Å². The van der Waals surface area contributed by atoms with E-state index in [4.69, 9.17) is 0 Å². The van der Waals surface area contributed by atoms with Gasteiger partial charge in [0.2, 0.25) is 15.9 Å². The number of carbonyl (C=O) groups is 1. The van der Waals surface area contributed by atoms with Crippen LogP contribution in [-0.4, -0.2) is 44.7 Å². The van der Waals surface area contributed by atoms with Crippen molar-refractivity contribution in [3.8, 4) is 0 Å². The average Bonchev–Trinajstić information content (AvgIpc) is 3.04. The Morgan fingerprint density at radius 3 is 2.52 bits per heavy atom. The lowest BCUT2D eigenvalue weighted by Crippen LogP contribution is -2.41. The van der Waals surface area contributed by atoms with Crippen LogP contribution in [-0.2, 0) is 14.8 Å². The highest BCUT2D eigenvalue weighted by Crippen LogP contribution is 2.28. The lowest BCUT2D eigenvalue weighted by molar-refractivity contribution is -0.119. The SMILES string of the molecule is Cc1ccc(N(CC(=O)NCCSC2CCCC2)S(C)(=O)=O)cc1C. The second-order valence-corrected chi connectivity index (χ2v) is 9.98. The summed E-state index contributed by atoms with van der Waals surface area (Å²) in [7, 11) is -3.52. The molecule has 0 aromatic heterocycles. The van der Waals surface area contributed by atoms with Crippen LogP contribution >= 0.6 is 11.8 Å². The quantitative estimate of drug-likeness (QED) is 0.700. The molecule has 7 heteroatoms. The molecule has 1 aliphatic rings. The van der Waals surface area contributed by atoms with E-state index in [9.17, 15) is 13.2 Å². The van der Waals surface area contributed by atoms with Gasteiger partial charge in [-0.2, -0.15) is 11.8 Å². The van der Waals surface area contributed by atoms with E-state index in [1.54, 1.807) is 12.1 Å². The van der Waals surface area contributed by atoms with Crippen LogP contribution in [0.15, 0.2) is 18.2 Å². The Morgan fingerprint density at radius 1 is 1.24 bits per heavy atom. The third-order valence-electron chi connectivity index (χ3n) is 4.55. The minimum atomic E-state index is -3.52. The van der Waals surface area contributed by atoms with Crippen molar-refractivity contribution in [1.82, 2.24) is 5.32 Å². The number of nitrogens with one attached hydrogen (secondary N) is 1. The van der Waals surface area contributed by atoms with E-state index >= 15 is 0 Å². The molecule has 1 fully saturated rings. The number of nitrogens with zero attached hydrogens (tertiary/aromatic N) is 1. The first kappa shape index (κ1) is 20.1. The highest BCUT2D eigenvalue weighted by atomic mass is 32.2. The molecule has 25 heavy (non-hydrogen) atoms. The molecular formula is C18H28N2O3S2. The first-order chi connectivity index (χ1) is 11.8. The van der Waals surface area contributed by atoms with Crippen molar-refractivity contribution in [3.63, 3.8) is 0 Å². The van der Waals surface area contributed by atoms with Crippen LogP contribution in [0.25, 0.3) is 0 Å². The maximum atomic E-state index is 12.2. The van der Waals surface area contributed by atoms with Crippen molar-refractivity contribution in [1.29, 1.82) is 0 Å². The Hall–Kier alpha value is -1.21. The number of hydrogen-bond acceptors (Lipinski definition) is 4. The normalized spacial score (nSPS) is 15.3. The number of thioether (sulfide) groups is 1. The summed E-state index contributed by atoms with van der Waals surface area (Å²) in [6, 6.07) is 5.42. The molecule has 0 spiro atoms. The third-order valence-corrected chi connectivity index (χ3v) is 7.07. The summed E-state index contributed by atoms with van der Waals surface area (Å²) in [4.78, 5) is 12.2. The first-order valence-corrected chi connectivity index (χ1v) is 11.6. The lowest BCUT2D eigenvalue weighted by Gasteiger charge is -2.22. The predicted molar refractivity (Wildman–Crippen MR) is 106 cm³/mol. The van der Waals surface area contributed by atoms with Gasteiger partial charge in [0.15, 0.2) is 0 Å². The summed E-state index contributed by atoms with van der Waals surface area (Å²) in [6.45, 7) is 4.29. The number of anilines is 1. The summed E-state index contributed by atoms with van der Waals surface area (Å²) in [5.74, 6) is 0.606. The minimum absolute atomic E-state index is 0.185. The predicted octanol–water partition coefficient (Wildman–Crippen LogP) is 2.86. The molecule has 1 aliphatic carbocycles. The summed E-state index contributed by atoms with van der Waals surface area (Å²) < 4.78 is 25.4. The van der Waals surface area contributed by atoms with Crippen LogP contribution in [0, 0.1) is 13.8 Å². The van der Waals surface area contributed by atoms with Crippen LogP contribution in [0.5, 0.6) is 0 Å². The highest BCUT2D eigenvalue weighted by molar-refractivity contribution is 7.99. The Bertz CT molecular complexity index is 698. The Balaban J connectivity index is 1.90. The highest BCUT2D eigenvalue weighted by Gasteiger charge is 2.21. The van der Waals surface area contributed by atoms with E-state index in [-0.39, 0.29) is 12.5 Å². The molecule has 1 aromatic rings. The minimum Gasteiger partial charge on any atom is -0.354 e. The maximum absolute atomic E-state index is 12.2. The monoisotopic (exact) mass is 384 g/mol. The largest absolute Gasteiger partial charge is 0.354 e. The summed E-state index contributed by atoms with van der Waals surface area (Å²) in [5, 5.41) is 3.56. The first-order valence-electron chi connectivity index (χ1n) is 8.70. The topological polar surface area (TPSA) is 66.5 Å². The van der Waals surface area contributed by atoms with Gasteiger partial charge in [0.25, 0.3) is 0 Å². The van der Waals surface area contributed by atoms with Crippen LogP contribution in [0.3, 0.4) is 0 Å². The summed E-state index contributed by atoms with van der Waals surface area (Å²) >= 11 is 1.90. The molecule has 140 valence electrons. The van der Waals surface area contributed by atoms with Gasteiger partial charge >= 0.3 is 0 Å². The number of rotatable bonds is 8. The van der Waals surface area contributed by atoms with Gasteiger partial charge in [0, 0.05) is 17.5 Å². The molecule has 1 N–H and O–H groups in total. The van der Waals surface area contributed by atoms with Crippen molar-refractivity contribution in [2.45, 2.75) is 44.8 Å². The van der Waals surface area contributed by atoms with Gasteiger partial charge in [-0.1, -0.05) is 18.9 Å². The fourth-order valence-electron chi connectivity index (χ4n) is 2.94. The molecule has 2 rings (SSSR count). The Kier molecular flexibility index (Phi) is 7.19. The Labute approximate surface area is 155 Å². The second-order valence-electron chi connectivity index (χ2n) is 6.67. The third kappa shape index (κ3) is 6.22. The van der Waals surface area contributed by atoms with E-state index in [0.717, 1.165) is 28.4 Å². The fourth-order valence-corrected chi connectivity index (χ4v) is 5.01. The number of hydrogen-bond donors (Lipinski definition) is 1. The smallest absolute Gasteiger partial charge is 0.240 e. The van der Waals surface area contributed by atoms with Crippen molar-refractivity contribution in [2.24, 2.45) is 0 Å². The van der Waals surface area contributed by atoms with E-state index in [2.05, 4.69) is 5.32 Å². The standard InChI is InChI=1S/C18H28N2O3S2/c1-14-8-9-16(12-15(14)2)20(25(3,22)23)13-18(21)19-10-11-24-17-6-4-5-7-17/h8-9,12,17H,4-7,10-11,13H2,1-3H3,(H,19,21). The van der Waals surface area contributed by atoms with Crippen molar-refractivity contribution >= 4 is 33.4 Å². The van der Waals surface area contributed by atoms with Gasteiger partial charge in [-0.3, -0.25) is 9.10 Å². The molecule has 1 aromatic carbocycles. The molecule has 0 bridgehead atoms. The average molecular weight is 385 g/mol. The molecule has 0 heterocycles.